The Bertz CT molecular complexity index is 604. The lowest BCUT2D eigenvalue weighted by Crippen LogP contribution is -2.37. The van der Waals surface area contributed by atoms with E-state index in [1.165, 1.54) is 6.07 Å². The van der Waals surface area contributed by atoms with Crippen LogP contribution in [0.3, 0.4) is 0 Å². The molecule has 0 amide bonds. The standard InChI is InChI=1S/C14H14N2O3/c17-13-10-12(11-4-2-1-3-5-11)19-14(15-13)16-6-8-18-9-7-16/h1-5,10H,6-9H2. The van der Waals surface area contributed by atoms with Crippen LogP contribution in [-0.2, 0) is 4.74 Å². The number of aromatic nitrogens is 1. The summed E-state index contributed by atoms with van der Waals surface area (Å²) in [5.74, 6) is 0.544. The third kappa shape index (κ3) is 2.66. The first-order chi connectivity index (χ1) is 9.33. The minimum Gasteiger partial charge on any atom is -0.425 e. The molecule has 0 atom stereocenters. The Balaban J connectivity index is 1.98. The van der Waals surface area contributed by atoms with E-state index in [1.54, 1.807) is 0 Å². The number of rotatable bonds is 2. The summed E-state index contributed by atoms with van der Waals surface area (Å²) in [7, 11) is 0. The summed E-state index contributed by atoms with van der Waals surface area (Å²) in [5.41, 5.74) is 0.586. The Morgan fingerprint density at radius 1 is 1.11 bits per heavy atom. The van der Waals surface area contributed by atoms with E-state index in [2.05, 4.69) is 4.98 Å². The summed E-state index contributed by atoms with van der Waals surface area (Å²) in [6.07, 6.45) is 0. The van der Waals surface area contributed by atoms with Gasteiger partial charge in [0.2, 0.25) is 0 Å². The highest BCUT2D eigenvalue weighted by molar-refractivity contribution is 5.57. The molecule has 1 fully saturated rings. The van der Waals surface area contributed by atoms with Crippen LogP contribution in [0.1, 0.15) is 0 Å². The second kappa shape index (κ2) is 5.24. The van der Waals surface area contributed by atoms with E-state index in [0.29, 0.717) is 38.1 Å². The van der Waals surface area contributed by atoms with E-state index in [4.69, 9.17) is 9.15 Å². The molecule has 98 valence electrons. The lowest BCUT2D eigenvalue weighted by molar-refractivity contribution is 0.120. The fourth-order valence-electron chi connectivity index (χ4n) is 2.02. The molecule has 1 saturated heterocycles. The van der Waals surface area contributed by atoms with Gasteiger partial charge in [-0.25, -0.2) is 0 Å². The number of hydrogen-bond acceptors (Lipinski definition) is 5. The highest BCUT2D eigenvalue weighted by Gasteiger charge is 2.16. The van der Waals surface area contributed by atoms with Crippen molar-refractivity contribution in [3.05, 3.63) is 46.8 Å². The first-order valence-electron chi connectivity index (χ1n) is 6.23. The molecule has 0 unspecified atom stereocenters. The zero-order valence-corrected chi connectivity index (χ0v) is 10.4. The van der Waals surface area contributed by atoms with Crippen LogP contribution in [0, 0.1) is 0 Å². The molecule has 19 heavy (non-hydrogen) atoms. The van der Waals surface area contributed by atoms with E-state index in [-0.39, 0.29) is 5.56 Å². The normalized spacial score (nSPS) is 15.5. The first kappa shape index (κ1) is 11.9. The second-order valence-corrected chi connectivity index (χ2v) is 4.31. The van der Waals surface area contributed by atoms with Gasteiger partial charge in [-0.3, -0.25) is 4.79 Å². The molecule has 0 N–H and O–H groups in total. The van der Waals surface area contributed by atoms with Gasteiger partial charge in [0.1, 0.15) is 5.76 Å². The number of ether oxygens (including phenoxy) is 1. The lowest BCUT2D eigenvalue weighted by Gasteiger charge is -2.26. The highest BCUT2D eigenvalue weighted by Crippen LogP contribution is 2.21. The van der Waals surface area contributed by atoms with Crippen molar-refractivity contribution in [2.24, 2.45) is 0 Å². The summed E-state index contributed by atoms with van der Waals surface area (Å²) < 4.78 is 11.0. The number of hydrogen-bond donors (Lipinski definition) is 0. The zero-order chi connectivity index (χ0) is 13.1. The monoisotopic (exact) mass is 258 g/mol. The van der Waals surface area contributed by atoms with Crippen molar-refractivity contribution in [1.29, 1.82) is 0 Å². The third-order valence-corrected chi connectivity index (χ3v) is 3.00. The first-order valence-corrected chi connectivity index (χ1v) is 6.23. The predicted octanol–water partition coefficient (Wildman–Crippen LogP) is 1.54. The molecule has 0 spiro atoms. The average molecular weight is 258 g/mol. The van der Waals surface area contributed by atoms with Gasteiger partial charge in [0.15, 0.2) is 0 Å². The molecule has 5 heteroatoms. The quantitative estimate of drug-likeness (QED) is 0.817. The van der Waals surface area contributed by atoms with E-state index >= 15 is 0 Å². The molecule has 1 aromatic carbocycles. The fraction of sp³-hybridized carbons (Fsp3) is 0.286. The molecule has 0 bridgehead atoms. The van der Waals surface area contributed by atoms with Crippen molar-refractivity contribution in [1.82, 2.24) is 4.98 Å². The summed E-state index contributed by atoms with van der Waals surface area (Å²) in [5, 5.41) is 0. The van der Waals surface area contributed by atoms with E-state index < -0.39 is 0 Å². The maximum absolute atomic E-state index is 11.7. The van der Waals surface area contributed by atoms with Gasteiger partial charge in [-0.1, -0.05) is 30.3 Å². The van der Waals surface area contributed by atoms with Crippen LogP contribution in [0.2, 0.25) is 0 Å². The third-order valence-electron chi connectivity index (χ3n) is 3.00. The van der Waals surface area contributed by atoms with Gasteiger partial charge in [-0.15, -0.1) is 0 Å². The van der Waals surface area contributed by atoms with Crippen molar-refractivity contribution in [3.8, 4) is 11.3 Å². The second-order valence-electron chi connectivity index (χ2n) is 4.31. The minimum absolute atomic E-state index is 0.286. The van der Waals surface area contributed by atoms with E-state index in [0.717, 1.165) is 5.56 Å². The van der Waals surface area contributed by atoms with E-state index in [9.17, 15) is 4.79 Å². The Morgan fingerprint density at radius 2 is 1.84 bits per heavy atom. The van der Waals surface area contributed by atoms with Crippen LogP contribution in [-0.4, -0.2) is 31.3 Å². The maximum atomic E-state index is 11.7. The fourth-order valence-corrected chi connectivity index (χ4v) is 2.02. The van der Waals surface area contributed by atoms with Gasteiger partial charge >= 0.3 is 6.01 Å². The molecule has 0 aliphatic carbocycles. The maximum Gasteiger partial charge on any atom is 0.301 e. The van der Waals surface area contributed by atoms with Crippen LogP contribution < -0.4 is 10.5 Å². The SMILES string of the molecule is O=c1cc(-c2ccccc2)oc(N2CCOCC2)n1. The molecule has 1 aromatic heterocycles. The van der Waals surface area contributed by atoms with Gasteiger partial charge < -0.3 is 14.1 Å². The topological polar surface area (TPSA) is 55.6 Å². The van der Waals surface area contributed by atoms with Gasteiger partial charge in [-0.05, 0) is 0 Å². The summed E-state index contributed by atoms with van der Waals surface area (Å²) in [4.78, 5) is 17.6. The molecule has 0 saturated carbocycles. The highest BCUT2D eigenvalue weighted by atomic mass is 16.5. The molecule has 2 aromatic rings. The minimum atomic E-state index is -0.286. The Kier molecular flexibility index (Phi) is 3.29. The van der Waals surface area contributed by atoms with Crippen molar-refractivity contribution in [2.75, 3.05) is 31.2 Å². The van der Waals surface area contributed by atoms with Gasteiger partial charge in [0, 0.05) is 24.7 Å². The molecular formula is C14H14N2O3. The molecule has 0 radical (unpaired) electrons. The van der Waals surface area contributed by atoms with Crippen LogP contribution in [0.15, 0.2) is 45.6 Å². The Hall–Kier alpha value is -2.14. The van der Waals surface area contributed by atoms with Gasteiger partial charge in [0.25, 0.3) is 5.56 Å². The van der Waals surface area contributed by atoms with Crippen molar-refractivity contribution >= 4 is 6.01 Å². The molecule has 3 rings (SSSR count). The molecular weight excluding hydrogens is 244 g/mol. The molecule has 1 aliphatic heterocycles. The smallest absolute Gasteiger partial charge is 0.301 e. The Morgan fingerprint density at radius 3 is 2.58 bits per heavy atom. The summed E-state index contributed by atoms with van der Waals surface area (Å²) in [6, 6.07) is 11.3. The van der Waals surface area contributed by atoms with E-state index in [1.807, 2.05) is 35.2 Å². The number of morpholine rings is 1. The molecule has 1 aliphatic rings. The van der Waals surface area contributed by atoms with Gasteiger partial charge in [-0.2, -0.15) is 4.98 Å². The molecule has 5 nitrogen and oxygen atoms in total. The number of anilines is 1. The lowest BCUT2D eigenvalue weighted by atomic mass is 10.2. The van der Waals surface area contributed by atoms with Crippen LogP contribution in [0.5, 0.6) is 0 Å². The number of nitrogens with zero attached hydrogens (tertiary/aromatic N) is 2. The Labute approximate surface area is 110 Å². The average Bonchev–Trinajstić information content (AvgIpc) is 2.48. The van der Waals surface area contributed by atoms with Crippen molar-refractivity contribution in [2.45, 2.75) is 0 Å². The van der Waals surface area contributed by atoms with Crippen LogP contribution >= 0.6 is 0 Å². The predicted molar refractivity (Wildman–Crippen MR) is 71.2 cm³/mol. The molecule has 2 heterocycles. The van der Waals surface area contributed by atoms with Crippen molar-refractivity contribution in [3.63, 3.8) is 0 Å². The van der Waals surface area contributed by atoms with Gasteiger partial charge in [0.05, 0.1) is 13.2 Å². The van der Waals surface area contributed by atoms with Crippen LogP contribution in [0.4, 0.5) is 6.01 Å². The van der Waals surface area contributed by atoms with Crippen LogP contribution in [0.25, 0.3) is 11.3 Å². The largest absolute Gasteiger partial charge is 0.425 e. The van der Waals surface area contributed by atoms with Crippen molar-refractivity contribution < 1.29 is 9.15 Å². The number of benzene rings is 1. The zero-order valence-electron chi connectivity index (χ0n) is 10.4. The summed E-state index contributed by atoms with van der Waals surface area (Å²) >= 11 is 0. The summed E-state index contributed by atoms with van der Waals surface area (Å²) in [6.45, 7) is 2.63.